The van der Waals surface area contributed by atoms with Crippen LogP contribution in [0.3, 0.4) is 0 Å². The Kier molecular flexibility index (Phi) is 1.65. The summed E-state index contributed by atoms with van der Waals surface area (Å²) in [6, 6.07) is 0. The molecular formula is C8H16O2. The van der Waals surface area contributed by atoms with E-state index in [2.05, 4.69) is 0 Å². The van der Waals surface area contributed by atoms with Crippen molar-refractivity contribution in [2.45, 2.75) is 45.3 Å². The Hall–Kier alpha value is -0.530. The molecule has 0 amide bonds. The largest absolute Gasteiger partial charge is 0.481 e. The van der Waals surface area contributed by atoms with Crippen LogP contribution in [0.1, 0.15) is 56.2 Å². The average Bonchev–Trinajstić information content (AvgIpc) is 2.32. The first-order chi connectivity index (χ1) is 8.11. The molecule has 2 nitrogen and oxygen atoms in total. The van der Waals surface area contributed by atoms with E-state index in [-0.39, 0.29) is 0 Å². The number of hydrogen-bond donors (Lipinski definition) is 1. The van der Waals surface area contributed by atoms with Crippen molar-refractivity contribution in [3.05, 3.63) is 0 Å². The van der Waals surface area contributed by atoms with Gasteiger partial charge in [0.25, 0.3) is 0 Å². The summed E-state index contributed by atoms with van der Waals surface area (Å²) in [6.07, 6.45) is -9.92. The van der Waals surface area contributed by atoms with Gasteiger partial charge in [-0.15, -0.1) is 0 Å². The maximum atomic E-state index is 10.5. The number of carboxylic acids is 1. The molecule has 0 aromatic rings. The first kappa shape index (κ1) is 2.50. The molecule has 0 saturated carbocycles. The molecule has 0 aliphatic carbocycles. The van der Waals surface area contributed by atoms with E-state index in [4.69, 9.17) is 16.1 Å². The highest BCUT2D eigenvalue weighted by atomic mass is 16.4. The van der Waals surface area contributed by atoms with Gasteiger partial charge in [-0.25, -0.2) is 0 Å². The summed E-state index contributed by atoms with van der Waals surface area (Å²) < 4.78 is 58.1. The molecule has 2 heteroatoms. The lowest BCUT2D eigenvalue weighted by molar-refractivity contribution is -0.137. The van der Waals surface area contributed by atoms with E-state index >= 15 is 0 Å². The second-order valence-corrected chi connectivity index (χ2v) is 1.47. The van der Waals surface area contributed by atoms with Gasteiger partial charge >= 0.3 is 5.97 Å². The minimum Gasteiger partial charge on any atom is -0.481 e. The lowest BCUT2D eigenvalue weighted by Crippen LogP contribution is -1.93. The third kappa shape index (κ3) is 7.47. The SMILES string of the molecule is [2H]C([2H])C([2H])C([2H])C([2H])C([2H])C([2H])C([2H])C(=O)O. The van der Waals surface area contributed by atoms with Gasteiger partial charge in [0.15, 0.2) is 0 Å². The fourth-order valence-corrected chi connectivity index (χ4v) is 0.330. The molecule has 0 fully saturated rings. The quantitative estimate of drug-likeness (QED) is 0.634. The maximum absolute atomic E-state index is 10.5. The van der Waals surface area contributed by atoms with E-state index in [0.29, 0.717) is 0 Å². The maximum Gasteiger partial charge on any atom is 0.303 e. The molecule has 0 spiro atoms. The van der Waals surface area contributed by atoms with Crippen molar-refractivity contribution >= 4 is 5.97 Å². The first-order valence-electron chi connectivity index (χ1n) is 7.34. The fourth-order valence-electron chi connectivity index (χ4n) is 0.330. The summed E-state index contributed by atoms with van der Waals surface area (Å²) in [5, 5.41) is 8.52. The van der Waals surface area contributed by atoms with Crippen LogP contribution in [0, 0.1) is 0 Å². The lowest BCUT2D eigenvalue weighted by atomic mass is 10.1. The topological polar surface area (TPSA) is 37.3 Å². The number of rotatable bonds is 6. The van der Waals surface area contributed by atoms with Gasteiger partial charge in [0.1, 0.15) is 0 Å². The summed E-state index contributed by atoms with van der Waals surface area (Å²) in [5.41, 5.74) is 0. The summed E-state index contributed by atoms with van der Waals surface area (Å²) >= 11 is 0. The molecule has 0 aromatic carbocycles. The van der Waals surface area contributed by atoms with Crippen molar-refractivity contribution in [2.24, 2.45) is 0 Å². The predicted molar refractivity (Wildman–Crippen MR) is 41.0 cm³/mol. The number of carbonyl (C=O) groups is 1. The lowest BCUT2D eigenvalue weighted by Gasteiger charge is -1.95. The molecule has 0 bridgehead atoms. The van der Waals surface area contributed by atoms with Gasteiger partial charge in [-0.3, -0.25) is 4.79 Å². The Morgan fingerprint density at radius 1 is 1.50 bits per heavy atom. The summed E-state index contributed by atoms with van der Waals surface area (Å²) in [5.74, 6) is -1.58. The molecule has 10 heavy (non-hydrogen) atoms. The van der Waals surface area contributed by atoms with Crippen LogP contribution in [-0.2, 0) is 4.79 Å². The predicted octanol–water partition coefficient (Wildman–Crippen LogP) is 2.43. The third-order valence-electron chi connectivity index (χ3n) is 0.683. The van der Waals surface area contributed by atoms with Crippen LogP contribution in [0.25, 0.3) is 0 Å². The third-order valence-corrected chi connectivity index (χ3v) is 0.683. The van der Waals surface area contributed by atoms with Crippen molar-refractivity contribution in [2.75, 3.05) is 0 Å². The summed E-state index contributed by atoms with van der Waals surface area (Å²) in [6.45, 7) is -1.65. The van der Waals surface area contributed by atoms with Crippen LogP contribution in [0.4, 0.5) is 0 Å². The molecule has 0 aromatic heterocycles. The zero-order valence-corrected chi connectivity index (χ0v) is 5.40. The number of aliphatic carboxylic acids is 1. The van der Waals surface area contributed by atoms with Gasteiger partial charge in [-0.05, 0) is 6.40 Å². The Labute approximate surface area is 73.5 Å². The molecule has 0 saturated heterocycles. The van der Waals surface area contributed by atoms with Gasteiger partial charge in [0, 0.05) is 17.4 Å². The molecule has 0 rings (SSSR count). The number of carboxylic acid groups (broad SMARTS) is 1. The van der Waals surface area contributed by atoms with Crippen molar-refractivity contribution in [1.29, 1.82) is 0 Å². The van der Waals surface area contributed by atoms with Crippen LogP contribution in [-0.4, -0.2) is 11.1 Å². The monoisotopic (exact) mass is 152 g/mol. The summed E-state index contributed by atoms with van der Waals surface area (Å²) in [4.78, 5) is 10.5. The van der Waals surface area contributed by atoms with Crippen molar-refractivity contribution in [3.63, 3.8) is 0 Å². The molecule has 1 N–H and O–H groups in total. The van der Waals surface area contributed by atoms with Gasteiger partial charge in [-0.2, -0.15) is 0 Å². The van der Waals surface area contributed by atoms with Crippen LogP contribution in [0.5, 0.6) is 0 Å². The van der Waals surface area contributed by atoms with Crippen LogP contribution in [0.15, 0.2) is 0 Å². The Bertz CT molecular complexity index is 276. The highest BCUT2D eigenvalue weighted by molar-refractivity contribution is 5.66. The van der Waals surface area contributed by atoms with Crippen molar-refractivity contribution in [3.8, 4) is 0 Å². The van der Waals surface area contributed by atoms with E-state index in [1.54, 1.807) is 0 Å². The molecule has 0 radical (unpaired) electrons. The Morgan fingerprint density at radius 2 is 2.20 bits per heavy atom. The molecule has 0 heterocycles. The van der Waals surface area contributed by atoms with Gasteiger partial charge in [0.05, 0.1) is 0 Å². The molecule has 6 unspecified atom stereocenters. The molecule has 60 valence electrons. The zero-order chi connectivity index (χ0) is 14.6. The standard InChI is InChI=1S/C8H16O2/c1-2-3-4-5-6-7-8(9)10/h2-7H2,1H3,(H,9,10)/i1D2,2D,3D,4D,5D,6D,7D. The minimum absolute atomic E-state index is 1.53. The fraction of sp³-hybridized carbons (Fsp3) is 0.875. The average molecular weight is 152 g/mol. The zero-order valence-electron chi connectivity index (χ0n) is 13.4. The van der Waals surface area contributed by atoms with E-state index < -0.39 is 51.2 Å². The minimum atomic E-state index is -1.89. The second-order valence-electron chi connectivity index (χ2n) is 1.47. The van der Waals surface area contributed by atoms with Gasteiger partial charge < -0.3 is 5.11 Å². The highest BCUT2D eigenvalue weighted by Gasteiger charge is 1.94. The summed E-state index contributed by atoms with van der Waals surface area (Å²) in [7, 11) is 0. The van der Waals surface area contributed by atoms with E-state index in [0.717, 1.165) is 0 Å². The Balaban J connectivity index is 4.67. The molecular weight excluding hydrogens is 128 g/mol. The second kappa shape index (κ2) is 6.59. The first-order valence-corrected chi connectivity index (χ1v) is 2.72. The van der Waals surface area contributed by atoms with Crippen molar-refractivity contribution < 1.29 is 20.9 Å². The van der Waals surface area contributed by atoms with Crippen LogP contribution < -0.4 is 0 Å². The van der Waals surface area contributed by atoms with E-state index in [1.165, 1.54) is 0 Å². The molecule has 6 atom stereocenters. The van der Waals surface area contributed by atoms with E-state index in [9.17, 15) is 4.79 Å². The van der Waals surface area contributed by atoms with Crippen LogP contribution in [0.2, 0.25) is 0 Å². The van der Waals surface area contributed by atoms with Gasteiger partial charge in [0.2, 0.25) is 0 Å². The van der Waals surface area contributed by atoms with Gasteiger partial charge in [-0.1, -0.05) is 32.5 Å². The molecule has 0 aliphatic rings. The number of hydrogen-bond acceptors (Lipinski definition) is 1. The highest BCUT2D eigenvalue weighted by Crippen LogP contribution is 2.04. The van der Waals surface area contributed by atoms with Crippen LogP contribution >= 0.6 is 0 Å². The smallest absolute Gasteiger partial charge is 0.303 e. The van der Waals surface area contributed by atoms with Crippen molar-refractivity contribution in [1.82, 2.24) is 0 Å². The Morgan fingerprint density at radius 3 is 2.80 bits per heavy atom. The normalized spacial score (nSPS) is 40.5. The van der Waals surface area contributed by atoms with E-state index in [1.807, 2.05) is 0 Å². The molecule has 0 aliphatic heterocycles.